The van der Waals surface area contributed by atoms with Gasteiger partial charge in [0.2, 0.25) is 0 Å². The van der Waals surface area contributed by atoms with Crippen LogP contribution in [0.4, 0.5) is 16.2 Å². The maximum atomic E-state index is 12.2. The summed E-state index contributed by atoms with van der Waals surface area (Å²) in [6.07, 6.45) is 2.32. The summed E-state index contributed by atoms with van der Waals surface area (Å²) < 4.78 is 5.37. The van der Waals surface area contributed by atoms with E-state index < -0.39 is 12.0 Å². The van der Waals surface area contributed by atoms with Gasteiger partial charge in [-0.25, -0.2) is 4.79 Å². The van der Waals surface area contributed by atoms with Gasteiger partial charge in [-0.15, -0.1) is 0 Å². The highest BCUT2D eigenvalue weighted by Gasteiger charge is 2.27. The normalized spacial score (nSPS) is 22.2. The van der Waals surface area contributed by atoms with Crippen molar-refractivity contribution in [2.45, 2.75) is 31.7 Å². The number of aliphatic carboxylic acids is 1. The third-order valence-corrected chi connectivity index (χ3v) is 4.55. The molecule has 8 nitrogen and oxygen atoms in total. The summed E-state index contributed by atoms with van der Waals surface area (Å²) in [5.74, 6) is -1.06. The Hall–Kier alpha value is -2.48. The van der Waals surface area contributed by atoms with Gasteiger partial charge >= 0.3 is 12.0 Å². The van der Waals surface area contributed by atoms with Crippen LogP contribution < -0.4 is 20.7 Å². The fourth-order valence-corrected chi connectivity index (χ4v) is 3.31. The van der Waals surface area contributed by atoms with Crippen molar-refractivity contribution >= 4 is 40.9 Å². The summed E-state index contributed by atoms with van der Waals surface area (Å²) in [5, 5.41) is 17.5. The molecule has 3 amide bonds. The van der Waals surface area contributed by atoms with E-state index in [4.69, 9.17) is 21.4 Å². The van der Waals surface area contributed by atoms with Crippen LogP contribution in [0.3, 0.4) is 0 Å². The minimum Gasteiger partial charge on any atom is -0.481 e. The molecule has 9 heteroatoms. The number of carbonyl (C=O) groups excluding carboxylic acids is 2. The molecule has 1 heterocycles. The number of urea groups is 1. The predicted molar refractivity (Wildman–Crippen MR) is 91.1 cm³/mol. The lowest BCUT2D eigenvalue weighted by atomic mass is 9.86. The van der Waals surface area contributed by atoms with Crippen LogP contribution in [-0.4, -0.2) is 35.7 Å². The second-order valence-corrected chi connectivity index (χ2v) is 6.59. The SMILES string of the molecule is O=C1COc2c(cc(Cl)cc2NC(=O)NC2CCC(C(=O)O)CC2)N1. The number of rotatable bonds is 3. The van der Waals surface area contributed by atoms with Crippen molar-refractivity contribution in [3.8, 4) is 5.75 Å². The molecule has 0 unspecified atom stereocenters. The first kappa shape index (κ1) is 17.3. The topological polar surface area (TPSA) is 117 Å². The minimum atomic E-state index is -0.785. The highest BCUT2D eigenvalue weighted by atomic mass is 35.5. The van der Waals surface area contributed by atoms with Crippen LogP contribution in [0.5, 0.6) is 5.75 Å². The highest BCUT2D eigenvalue weighted by molar-refractivity contribution is 6.31. The van der Waals surface area contributed by atoms with Crippen LogP contribution in [-0.2, 0) is 9.59 Å². The first-order valence-electron chi connectivity index (χ1n) is 7.99. The van der Waals surface area contributed by atoms with Crippen LogP contribution in [0, 0.1) is 5.92 Å². The number of hydrogen-bond acceptors (Lipinski definition) is 4. The van der Waals surface area contributed by atoms with Gasteiger partial charge in [-0.1, -0.05) is 11.6 Å². The van der Waals surface area contributed by atoms with Crippen molar-refractivity contribution in [1.82, 2.24) is 5.32 Å². The van der Waals surface area contributed by atoms with E-state index in [1.54, 1.807) is 12.1 Å². The Labute approximate surface area is 148 Å². The van der Waals surface area contributed by atoms with Gasteiger partial charge in [0, 0.05) is 11.1 Å². The maximum absolute atomic E-state index is 12.2. The number of benzene rings is 1. The Morgan fingerprint density at radius 2 is 1.96 bits per heavy atom. The molecule has 1 aromatic carbocycles. The van der Waals surface area contributed by atoms with E-state index in [-0.39, 0.29) is 24.5 Å². The molecule has 0 radical (unpaired) electrons. The first-order chi connectivity index (χ1) is 11.9. The van der Waals surface area contributed by atoms with Gasteiger partial charge < -0.3 is 25.8 Å². The smallest absolute Gasteiger partial charge is 0.319 e. The number of anilines is 2. The highest BCUT2D eigenvalue weighted by Crippen LogP contribution is 2.38. The van der Waals surface area contributed by atoms with E-state index in [1.165, 1.54) is 0 Å². The summed E-state index contributed by atoms with van der Waals surface area (Å²) in [7, 11) is 0. The molecule has 0 spiro atoms. The molecule has 0 bridgehead atoms. The van der Waals surface area contributed by atoms with E-state index in [1.807, 2.05) is 0 Å². The molecular formula is C16H18ClN3O5. The Morgan fingerprint density at radius 3 is 2.64 bits per heavy atom. The molecule has 1 aromatic rings. The molecule has 1 aliphatic heterocycles. The molecule has 1 aliphatic carbocycles. The Kier molecular flexibility index (Phi) is 4.98. The summed E-state index contributed by atoms with van der Waals surface area (Å²) in [6, 6.07) is 2.58. The number of carboxylic acids is 1. The second-order valence-electron chi connectivity index (χ2n) is 6.15. The number of ether oxygens (including phenoxy) is 1. The van der Waals surface area contributed by atoms with Gasteiger partial charge in [0.1, 0.15) is 0 Å². The van der Waals surface area contributed by atoms with Crippen molar-refractivity contribution in [1.29, 1.82) is 0 Å². The van der Waals surface area contributed by atoms with E-state index in [9.17, 15) is 14.4 Å². The molecule has 0 aromatic heterocycles. The third-order valence-electron chi connectivity index (χ3n) is 4.34. The monoisotopic (exact) mass is 367 g/mol. The average Bonchev–Trinajstić information content (AvgIpc) is 2.54. The molecule has 134 valence electrons. The van der Waals surface area contributed by atoms with E-state index in [2.05, 4.69) is 16.0 Å². The fourth-order valence-electron chi connectivity index (χ4n) is 3.09. The van der Waals surface area contributed by atoms with Crippen molar-refractivity contribution < 1.29 is 24.2 Å². The van der Waals surface area contributed by atoms with Gasteiger partial charge in [-0.3, -0.25) is 9.59 Å². The van der Waals surface area contributed by atoms with Crippen LogP contribution in [0.25, 0.3) is 0 Å². The van der Waals surface area contributed by atoms with Gasteiger partial charge in [0.05, 0.1) is 17.3 Å². The molecule has 25 heavy (non-hydrogen) atoms. The molecule has 1 fully saturated rings. The van der Waals surface area contributed by atoms with E-state index >= 15 is 0 Å². The number of carboxylic acid groups (broad SMARTS) is 1. The van der Waals surface area contributed by atoms with Gasteiger partial charge in [-0.05, 0) is 37.8 Å². The molecule has 0 atom stereocenters. The van der Waals surface area contributed by atoms with Crippen molar-refractivity contribution in [2.75, 3.05) is 17.2 Å². The number of fused-ring (bicyclic) bond motifs is 1. The van der Waals surface area contributed by atoms with Crippen LogP contribution in [0.2, 0.25) is 5.02 Å². The molecule has 4 N–H and O–H groups in total. The predicted octanol–water partition coefficient (Wildman–Crippen LogP) is 2.44. The lowest BCUT2D eigenvalue weighted by Gasteiger charge is -2.27. The minimum absolute atomic E-state index is 0.0776. The Balaban J connectivity index is 1.62. The van der Waals surface area contributed by atoms with Crippen molar-refractivity contribution in [3.05, 3.63) is 17.2 Å². The molecule has 2 aliphatic rings. The van der Waals surface area contributed by atoms with Crippen LogP contribution >= 0.6 is 11.6 Å². The fraction of sp³-hybridized carbons (Fsp3) is 0.438. The van der Waals surface area contributed by atoms with Crippen molar-refractivity contribution in [3.63, 3.8) is 0 Å². The number of carbonyl (C=O) groups is 3. The van der Waals surface area contributed by atoms with Gasteiger partial charge in [0.25, 0.3) is 5.91 Å². The second kappa shape index (κ2) is 7.18. The number of hydrogen-bond donors (Lipinski definition) is 4. The third kappa shape index (κ3) is 4.14. The summed E-state index contributed by atoms with van der Waals surface area (Å²) in [5.41, 5.74) is 0.764. The summed E-state index contributed by atoms with van der Waals surface area (Å²) in [6.45, 7) is -0.135. The average molecular weight is 368 g/mol. The lowest BCUT2D eigenvalue weighted by Crippen LogP contribution is -2.41. The largest absolute Gasteiger partial charge is 0.481 e. The maximum Gasteiger partial charge on any atom is 0.319 e. The number of halogens is 1. The summed E-state index contributed by atoms with van der Waals surface area (Å²) >= 11 is 6.02. The van der Waals surface area contributed by atoms with Crippen LogP contribution in [0.15, 0.2) is 12.1 Å². The quantitative estimate of drug-likeness (QED) is 0.654. The van der Waals surface area contributed by atoms with E-state index in [0.717, 1.165) is 0 Å². The zero-order chi connectivity index (χ0) is 18.0. The number of amides is 3. The van der Waals surface area contributed by atoms with Gasteiger partial charge in [0.15, 0.2) is 12.4 Å². The van der Waals surface area contributed by atoms with Gasteiger partial charge in [-0.2, -0.15) is 0 Å². The zero-order valence-corrected chi connectivity index (χ0v) is 14.1. The molecular weight excluding hydrogens is 350 g/mol. The first-order valence-corrected chi connectivity index (χ1v) is 8.36. The summed E-state index contributed by atoms with van der Waals surface area (Å²) in [4.78, 5) is 34.6. The lowest BCUT2D eigenvalue weighted by molar-refractivity contribution is -0.142. The Bertz CT molecular complexity index is 716. The standard InChI is InChI=1S/C16H18ClN3O5/c17-9-5-11-14(25-7-13(21)19-11)12(6-9)20-16(24)18-10-3-1-8(2-4-10)15(22)23/h5-6,8,10H,1-4,7H2,(H,19,21)(H,22,23)(H2,18,20,24). The number of nitrogens with one attached hydrogen (secondary N) is 3. The molecule has 3 rings (SSSR count). The Morgan fingerprint density at radius 1 is 1.24 bits per heavy atom. The molecule has 0 saturated heterocycles. The zero-order valence-electron chi connectivity index (χ0n) is 13.3. The van der Waals surface area contributed by atoms with Crippen molar-refractivity contribution in [2.24, 2.45) is 5.92 Å². The van der Waals surface area contributed by atoms with Crippen LogP contribution in [0.1, 0.15) is 25.7 Å². The molecule has 1 saturated carbocycles. The van der Waals surface area contributed by atoms with E-state index in [0.29, 0.717) is 47.8 Å².